The van der Waals surface area contributed by atoms with Crippen molar-refractivity contribution in [3.63, 3.8) is 0 Å². The van der Waals surface area contributed by atoms with Crippen molar-refractivity contribution in [2.45, 2.75) is 38.2 Å². The maximum Gasteiger partial charge on any atom is 0.339 e. The zero-order valence-electron chi connectivity index (χ0n) is 13.2. The fraction of sp³-hybridized carbons (Fsp3) is 0.467. The van der Waals surface area contributed by atoms with E-state index in [0.717, 1.165) is 12.7 Å². The van der Waals surface area contributed by atoms with Crippen molar-refractivity contribution in [3.8, 4) is 0 Å². The molecule has 0 saturated carbocycles. The molecule has 1 amide bonds. The molecule has 0 heterocycles. The standard InChI is InChI=1S/C15H21NO5S/c1-5-8-16-14(17)11(3)21-15(18)13-9-12(22(4,19)20)7-6-10(13)2/h6-7,9,11H,5,8H2,1-4H3,(H,16,17)/t11-/m1/s1. The number of sulfone groups is 1. The molecule has 1 N–H and O–H groups in total. The molecule has 0 unspecified atom stereocenters. The van der Waals surface area contributed by atoms with Crippen molar-refractivity contribution in [2.75, 3.05) is 12.8 Å². The maximum absolute atomic E-state index is 12.1. The van der Waals surface area contributed by atoms with Crippen LogP contribution in [0.2, 0.25) is 0 Å². The average molecular weight is 327 g/mol. The van der Waals surface area contributed by atoms with Gasteiger partial charge >= 0.3 is 5.97 Å². The minimum atomic E-state index is -3.42. The molecule has 0 bridgehead atoms. The zero-order valence-corrected chi connectivity index (χ0v) is 14.0. The van der Waals surface area contributed by atoms with E-state index in [0.29, 0.717) is 12.1 Å². The van der Waals surface area contributed by atoms with Gasteiger partial charge in [-0.25, -0.2) is 13.2 Å². The Morgan fingerprint density at radius 1 is 1.32 bits per heavy atom. The summed E-state index contributed by atoms with van der Waals surface area (Å²) in [6.45, 7) is 5.56. The summed E-state index contributed by atoms with van der Waals surface area (Å²) in [6.07, 6.45) is 0.899. The van der Waals surface area contributed by atoms with E-state index in [9.17, 15) is 18.0 Å². The highest BCUT2D eigenvalue weighted by Crippen LogP contribution is 2.17. The first-order valence-electron chi connectivity index (χ1n) is 6.96. The zero-order chi connectivity index (χ0) is 16.9. The topological polar surface area (TPSA) is 89.5 Å². The molecule has 0 aliphatic heterocycles. The van der Waals surface area contributed by atoms with Gasteiger partial charge in [0.05, 0.1) is 10.5 Å². The largest absolute Gasteiger partial charge is 0.449 e. The van der Waals surface area contributed by atoms with Crippen LogP contribution in [0.3, 0.4) is 0 Å². The molecular weight excluding hydrogens is 306 g/mol. The van der Waals surface area contributed by atoms with Crippen LogP contribution in [0.15, 0.2) is 23.1 Å². The van der Waals surface area contributed by atoms with Crippen LogP contribution in [0.25, 0.3) is 0 Å². The molecule has 1 aromatic rings. The number of amides is 1. The van der Waals surface area contributed by atoms with Gasteiger partial charge in [-0.2, -0.15) is 0 Å². The molecule has 0 radical (unpaired) electrons. The monoisotopic (exact) mass is 327 g/mol. The maximum atomic E-state index is 12.1. The summed E-state index contributed by atoms with van der Waals surface area (Å²) in [7, 11) is -3.42. The summed E-state index contributed by atoms with van der Waals surface area (Å²) in [5.41, 5.74) is 0.719. The highest BCUT2D eigenvalue weighted by Gasteiger charge is 2.21. The first-order chi connectivity index (χ1) is 10.2. The Bertz CT molecular complexity index is 667. The van der Waals surface area contributed by atoms with Crippen LogP contribution >= 0.6 is 0 Å². The van der Waals surface area contributed by atoms with Crippen molar-refractivity contribution in [1.29, 1.82) is 0 Å². The number of hydrogen-bond donors (Lipinski definition) is 1. The average Bonchev–Trinajstić information content (AvgIpc) is 2.43. The lowest BCUT2D eigenvalue weighted by Gasteiger charge is -2.14. The third-order valence-corrected chi connectivity index (χ3v) is 4.17. The molecule has 122 valence electrons. The SMILES string of the molecule is CCCNC(=O)[C@@H](C)OC(=O)c1cc(S(C)(=O)=O)ccc1C. The summed E-state index contributed by atoms with van der Waals surface area (Å²) in [5, 5.41) is 2.63. The normalized spacial score (nSPS) is 12.5. The number of carbonyl (C=O) groups is 2. The van der Waals surface area contributed by atoms with Crippen LogP contribution < -0.4 is 5.32 Å². The number of hydrogen-bond acceptors (Lipinski definition) is 5. The Balaban J connectivity index is 2.92. The number of esters is 1. The summed E-state index contributed by atoms with van der Waals surface area (Å²) in [6, 6.07) is 4.23. The number of benzene rings is 1. The summed E-state index contributed by atoms with van der Waals surface area (Å²) < 4.78 is 28.2. The van der Waals surface area contributed by atoms with Gasteiger partial charge in [0, 0.05) is 12.8 Å². The Kier molecular flexibility index (Phi) is 6.11. The first-order valence-corrected chi connectivity index (χ1v) is 8.85. The molecule has 0 fully saturated rings. The molecule has 0 aliphatic rings. The van der Waals surface area contributed by atoms with Crippen LogP contribution in [0.4, 0.5) is 0 Å². The Labute approximate surface area is 130 Å². The Hall–Kier alpha value is -1.89. The fourth-order valence-electron chi connectivity index (χ4n) is 1.72. The van der Waals surface area contributed by atoms with Gasteiger partial charge in [-0.15, -0.1) is 0 Å². The number of ether oxygens (including phenoxy) is 1. The minimum absolute atomic E-state index is 0.0353. The van der Waals surface area contributed by atoms with Gasteiger partial charge in [0.2, 0.25) is 0 Å². The minimum Gasteiger partial charge on any atom is -0.449 e. The van der Waals surface area contributed by atoms with Crippen LogP contribution in [0.1, 0.15) is 36.2 Å². The van der Waals surface area contributed by atoms with Gasteiger partial charge in [0.1, 0.15) is 0 Å². The van der Waals surface area contributed by atoms with Gasteiger partial charge in [-0.1, -0.05) is 13.0 Å². The second-order valence-corrected chi connectivity index (χ2v) is 7.10. The van der Waals surface area contributed by atoms with E-state index in [4.69, 9.17) is 4.74 Å². The number of aryl methyl sites for hydroxylation is 1. The lowest BCUT2D eigenvalue weighted by molar-refractivity contribution is -0.129. The lowest BCUT2D eigenvalue weighted by atomic mass is 10.1. The molecule has 0 saturated heterocycles. The number of rotatable bonds is 6. The second kappa shape index (κ2) is 7.40. The Morgan fingerprint density at radius 3 is 2.50 bits per heavy atom. The molecule has 0 aromatic heterocycles. The van der Waals surface area contributed by atoms with E-state index >= 15 is 0 Å². The number of nitrogens with one attached hydrogen (secondary N) is 1. The van der Waals surface area contributed by atoms with E-state index in [1.165, 1.54) is 25.1 Å². The molecule has 0 aliphatic carbocycles. The van der Waals surface area contributed by atoms with Crippen LogP contribution in [-0.2, 0) is 19.4 Å². The van der Waals surface area contributed by atoms with Crippen LogP contribution in [0.5, 0.6) is 0 Å². The van der Waals surface area contributed by atoms with Gasteiger partial charge in [-0.3, -0.25) is 4.79 Å². The molecule has 6 nitrogen and oxygen atoms in total. The van der Waals surface area contributed by atoms with Crippen molar-refractivity contribution >= 4 is 21.7 Å². The second-order valence-electron chi connectivity index (χ2n) is 5.09. The third-order valence-electron chi connectivity index (χ3n) is 3.06. The van der Waals surface area contributed by atoms with Crippen molar-refractivity contribution in [3.05, 3.63) is 29.3 Å². The smallest absolute Gasteiger partial charge is 0.339 e. The predicted octanol–water partition coefficient (Wildman–Crippen LogP) is 1.47. The molecular formula is C15H21NO5S. The number of carbonyl (C=O) groups excluding carboxylic acids is 2. The van der Waals surface area contributed by atoms with E-state index < -0.39 is 21.9 Å². The van der Waals surface area contributed by atoms with E-state index in [1.807, 2.05) is 6.92 Å². The van der Waals surface area contributed by atoms with Crippen LogP contribution in [0, 0.1) is 6.92 Å². The fourth-order valence-corrected chi connectivity index (χ4v) is 2.37. The summed E-state index contributed by atoms with van der Waals surface area (Å²) in [4.78, 5) is 23.9. The molecule has 1 atom stereocenters. The molecule has 1 rings (SSSR count). The van der Waals surface area contributed by atoms with E-state index in [-0.39, 0.29) is 16.4 Å². The van der Waals surface area contributed by atoms with Crippen LogP contribution in [-0.4, -0.2) is 39.2 Å². The van der Waals surface area contributed by atoms with Gasteiger partial charge in [0.15, 0.2) is 15.9 Å². The molecule has 22 heavy (non-hydrogen) atoms. The lowest BCUT2D eigenvalue weighted by Crippen LogP contribution is -2.36. The highest BCUT2D eigenvalue weighted by molar-refractivity contribution is 7.90. The highest BCUT2D eigenvalue weighted by atomic mass is 32.2. The molecule has 7 heteroatoms. The third kappa shape index (κ3) is 4.84. The van der Waals surface area contributed by atoms with Gasteiger partial charge in [0.25, 0.3) is 5.91 Å². The Morgan fingerprint density at radius 2 is 1.95 bits per heavy atom. The van der Waals surface area contributed by atoms with Crippen molar-refractivity contribution in [2.24, 2.45) is 0 Å². The van der Waals surface area contributed by atoms with E-state index in [2.05, 4.69) is 5.32 Å². The van der Waals surface area contributed by atoms with Crippen molar-refractivity contribution in [1.82, 2.24) is 5.32 Å². The molecule has 0 spiro atoms. The van der Waals surface area contributed by atoms with Gasteiger partial charge < -0.3 is 10.1 Å². The quantitative estimate of drug-likeness (QED) is 0.799. The molecule has 1 aromatic carbocycles. The van der Waals surface area contributed by atoms with Crippen molar-refractivity contribution < 1.29 is 22.7 Å². The predicted molar refractivity (Wildman–Crippen MR) is 82.5 cm³/mol. The summed E-state index contributed by atoms with van der Waals surface area (Å²) in [5.74, 6) is -1.10. The summed E-state index contributed by atoms with van der Waals surface area (Å²) >= 11 is 0. The first kappa shape index (κ1) is 18.2. The van der Waals surface area contributed by atoms with Gasteiger partial charge in [-0.05, 0) is 38.0 Å². The van der Waals surface area contributed by atoms with E-state index in [1.54, 1.807) is 6.92 Å².